The van der Waals surface area contributed by atoms with Crippen molar-refractivity contribution in [3.63, 3.8) is 0 Å². The van der Waals surface area contributed by atoms with Crippen LogP contribution in [-0.2, 0) is 5.33 Å². The molecule has 2 aromatic carbocycles. The molecule has 0 saturated carbocycles. The molecule has 1 amide bonds. The van der Waals surface area contributed by atoms with Crippen LogP contribution in [-0.4, -0.2) is 5.91 Å². The number of halogens is 4. The van der Waals surface area contributed by atoms with Gasteiger partial charge in [-0.1, -0.05) is 28.1 Å². The van der Waals surface area contributed by atoms with Crippen molar-refractivity contribution in [3.05, 3.63) is 58.2 Å². The number of alkyl halides is 1. The van der Waals surface area contributed by atoms with Gasteiger partial charge in [-0.25, -0.2) is 0 Å². The zero-order chi connectivity index (χ0) is 14.7. The summed E-state index contributed by atoms with van der Waals surface area (Å²) in [6, 6.07) is 11.7. The van der Waals surface area contributed by atoms with Crippen molar-refractivity contribution in [1.29, 1.82) is 0 Å². The van der Waals surface area contributed by atoms with E-state index in [1.165, 1.54) is 0 Å². The van der Waals surface area contributed by atoms with Crippen LogP contribution in [0.2, 0.25) is 0 Å². The minimum atomic E-state index is -0.0804. The fourth-order valence-electron chi connectivity index (χ4n) is 1.59. The van der Waals surface area contributed by atoms with E-state index in [1.54, 1.807) is 0 Å². The van der Waals surface area contributed by atoms with Crippen LogP contribution in [0.5, 0.6) is 0 Å². The van der Waals surface area contributed by atoms with Gasteiger partial charge in [-0.05, 0) is 97.6 Å². The molecule has 0 atom stereocenters. The third kappa shape index (κ3) is 4.29. The Morgan fingerprint density at radius 3 is 2.10 bits per heavy atom. The highest BCUT2D eigenvalue weighted by atomic mass is 127. The van der Waals surface area contributed by atoms with E-state index in [1.807, 2.05) is 36.4 Å². The second kappa shape index (κ2) is 7.73. The average molecular weight is 668 g/mol. The summed E-state index contributed by atoms with van der Waals surface area (Å²) in [7, 11) is 0. The number of carbonyl (C=O) groups excluding carboxylic acids is 1. The number of carbonyl (C=O) groups is 1. The Bertz CT molecular complexity index is 620. The molecule has 0 bridgehead atoms. The lowest BCUT2D eigenvalue weighted by molar-refractivity contribution is 0.102. The Labute approximate surface area is 167 Å². The van der Waals surface area contributed by atoms with E-state index in [0.29, 0.717) is 5.56 Å². The Kier molecular flexibility index (Phi) is 6.54. The fourth-order valence-corrected chi connectivity index (χ4v) is 5.82. The molecular weight excluding hydrogens is 659 g/mol. The molecule has 2 rings (SSSR count). The first-order valence-corrected chi connectivity index (χ1v) is 9.98. The maximum absolute atomic E-state index is 12.3. The Morgan fingerprint density at radius 1 is 1.05 bits per heavy atom. The van der Waals surface area contributed by atoms with Crippen molar-refractivity contribution in [1.82, 2.24) is 0 Å². The first kappa shape index (κ1) is 16.9. The zero-order valence-electron chi connectivity index (χ0n) is 10.1. The van der Waals surface area contributed by atoms with Gasteiger partial charge in [0.05, 0.1) is 5.69 Å². The molecule has 104 valence electrons. The minimum absolute atomic E-state index is 0.0804. The fraction of sp³-hybridized carbons (Fsp3) is 0.0714. The summed E-state index contributed by atoms with van der Waals surface area (Å²) < 4.78 is 3.25. The molecule has 2 aromatic rings. The van der Waals surface area contributed by atoms with Crippen molar-refractivity contribution >= 4 is 95.3 Å². The number of hydrogen-bond donors (Lipinski definition) is 1. The molecule has 0 saturated heterocycles. The predicted octanol–water partition coefficient (Wildman–Crippen LogP) is 5.65. The van der Waals surface area contributed by atoms with Crippen LogP contribution in [0.4, 0.5) is 5.69 Å². The first-order chi connectivity index (χ1) is 9.51. The van der Waals surface area contributed by atoms with Gasteiger partial charge >= 0.3 is 0 Å². The second-order valence-corrected chi connectivity index (χ2v) is 8.16. The molecule has 2 nitrogen and oxygen atoms in total. The van der Waals surface area contributed by atoms with Crippen molar-refractivity contribution in [2.75, 3.05) is 5.32 Å². The van der Waals surface area contributed by atoms with Crippen molar-refractivity contribution in [2.24, 2.45) is 0 Å². The zero-order valence-corrected chi connectivity index (χ0v) is 18.1. The molecule has 0 aromatic heterocycles. The highest BCUT2D eigenvalue weighted by Crippen LogP contribution is 2.27. The van der Waals surface area contributed by atoms with E-state index in [4.69, 9.17) is 0 Å². The number of hydrogen-bond acceptors (Lipinski definition) is 1. The quantitative estimate of drug-likeness (QED) is 0.333. The Balaban J connectivity index is 2.23. The van der Waals surface area contributed by atoms with Gasteiger partial charge in [0, 0.05) is 21.6 Å². The number of benzene rings is 2. The predicted molar refractivity (Wildman–Crippen MR) is 112 cm³/mol. The summed E-state index contributed by atoms with van der Waals surface area (Å²) >= 11 is 10.2. The molecular formula is C14H9BrI3NO. The van der Waals surface area contributed by atoms with E-state index in [-0.39, 0.29) is 5.91 Å². The normalized spacial score (nSPS) is 10.4. The van der Waals surface area contributed by atoms with E-state index in [0.717, 1.165) is 27.3 Å². The molecule has 0 spiro atoms. The molecule has 0 aliphatic rings. The number of anilines is 1. The van der Waals surface area contributed by atoms with Crippen molar-refractivity contribution in [2.45, 2.75) is 5.33 Å². The topological polar surface area (TPSA) is 29.1 Å². The van der Waals surface area contributed by atoms with Gasteiger partial charge in [0.25, 0.3) is 5.91 Å². The third-order valence-electron chi connectivity index (χ3n) is 2.62. The highest BCUT2D eigenvalue weighted by Gasteiger charge is 2.12. The van der Waals surface area contributed by atoms with Crippen molar-refractivity contribution in [3.8, 4) is 0 Å². The van der Waals surface area contributed by atoms with Crippen LogP contribution >= 0.6 is 83.7 Å². The van der Waals surface area contributed by atoms with Gasteiger partial charge in [0.15, 0.2) is 0 Å². The number of rotatable bonds is 3. The van der Waals surface area contributed by atoms with Gasteiger partial charge in [-0.15, -0.1) is 0 Å². The van der Waals surface area contributed by atoms with Gasteiger partial charge in [-0.3, -0.25) is 4.79 Å². The molecule has 20 heavy (non-hydrogen) atoms. The molecule has 0 heterocycles. The van der Waals surface area contributed by atoms with Crippen LogP contribution in [0, 0.1) is 10.7 Å². The summed E-state index contributed by atoms with van der Waals surface area (Å²) in [5.74, 6) is -0.0804. The highest BCUT2D eigenvalue weighted by molar-refractivity contribution is 14.1. The number of amides is 1. The number of nitrogens with one attached hydrogen (secondary N) is 1. The molecule has 0 unspecified atom stereocenters. The largest absolute Gasteiger partial charge is 0.320 e. The van der Waals surface area contributed by atoms with Gasteiger partial charge < -0.3 is 5.32 Å². The second-order valence-electron chi connectivity index (χ2n) is 4.03. The van der Waals surface area contributed by atoms with E-state index >= 15 is 0 Å². The van der Waals surface area contributed by atoms with E-state index in [9.17, 15) is 4.79 Å². The van der Waals surface area contributed by atoms with Crippen LogP contribution in [0.1, 0.15) is 15.9 Å². The lowest BCUT2D eigenvalue weighted by atomic mass is 10.1. The van der Waals surface area contributed by atoms with Crippen LogP contribution in [0.15, 0.2) is 36.4 Å². The van der Waals surface area contributed by atoms with E-state index < -0.39 is 0 Å². The summed E-state index contributed by atoms with van der Waals surface area (Å²) in [6.07, 6.45) is 0. The summed E-state index contributed by atoms with van der Waals surface area (Å²) in [6.45, 7) is 0. The molecule has 0 fully saturated rings. The Hall–Kier alpha value is 0.580. The third-order valence-corrected chi connectivity index (χ3v) is 5.59. The molecule has 1 N–H and O–H groups in total. The summed E-state index contributed by atoms with van der Waals surface area (Å²) in [4.78, 5) is 12.3. The van der Waals surface area contributed by atoms with Gasteiger partial charge in [-0.2, -0.15) is 0 Å². The first-order valence-electron chi connectivity index (χ1n) is 5.62. The van der Waals surface area contributed by atoms with Crippen molar-refractivity contribution < 1.29 is 4.79 Å². The van der Waals surface area contributed by atoms with E-state index in [2.05, 4.69) is 89.0 Å². The standard InChI is InChI=1S/C14H9BrI3NO/c15-7-8-1-3-9(4-2-8)14(20)19-13-11(17)5-10(16)6-12(13)18/h1-6H,7H2,(H,19,20). The average Bonchev–Trinajstić information content (AvgIpc) is 2.42. The van der Waals surface area contributed by atoms with Gasteiger partial charge in [0.1, 0.15) is 0 Å². The molecule has 0 aliphatic carbocycles. The van der Waals surface area contributed by atoms with Crippen LogP contribution in [0.25, 0.3) is 0 Å². The summed E-state index contributed by atoms with van der Waals surface area (Å²) in [5, 5.41) is 3.78. The minimum Gasteiger partial charge on any atom is -0.320 e. The Morgan fingerprint density at radius 2 is 1.60 bits per heavy atom. The molecule has 6 heteroatoms. The van der Waals surface area contributed by atoms with Gasteiger partial charge in [0.2, 0.25) is 0 Å². The lowest BCUT2D eigenvalue weighted by Crippen LogP contribution is -2.14. The molecule has 0 radical (unpaired) electrons. The molecule has 0 aliphatic heterocycles. The maximum atomic E-state index is 12.3. The monoisotopic (exact) mass is 667 g/mol. The smallest absolute Gasteiger partial charge is 0.255 e. The SMILES string of the molecule is O=C(Nc1c(I)cc(I)cc1I)c1ccc(CBr)cc1. The van der Waals surface area contributed by atoms with Crippen LogP contribution < -0.4 is 5.32 Å². The van der Waals surface area contributed by atoms with Crippen LogP contribution in [0.3, 0.4) is 0 Å². The summed E-state index contributed by atoms with van der Waals surface area (Å²) in [5.41, 5.74) is 2.70. The maximum Gasteiger partial charge on any atom is 0.255 e. The lowest BCUT2D eigenvalue weighted by Gasteiger charge is -2.10.